The van der Waals surface area contributed by atoms with Crippen LogP contribution in [0.1, 0.15) is 25.0 Å². The average Bonchev–Trinajstić information content (AvgIpc) is 3.51. The Morgan fingerprint density at radius 2 is 1.04 bits per heavy atom. The van der Waals surface area contributed by atoms with Crippen LogP contribution in [0.4, 0.5) is 17.1 Å². The van der Waals surface area contributed by atoms with E-state index in [1.807, 2.05) is 24.4 Å². The largest absolute Gasteiger partial charge is 0.456 e. The summed E-state index contributed by atoms with van der Waals surface area (Å²) in [5.41, 5.74) is 11.6. The van der Waals surface area contributed by atoms with Crippen molar-refractivity contribution in [3.8, 4) is 22.4 Å². The Bertz CT molecular complexity index is 2290. The number of hydrogen-bond acceptors (Lipinski definition) is 3. The van der Waals surface area contributed by atoms with Gasteiger partial charge in [-0.2, -0.15) is 0 Å². The molecule has 0 unspecified atom stereocenters. The van der Waals surface area contributed by atoms with Crippen LogP contribution in [0.5, 0.6) is 0 Å². The van der Waals surface area contributed by atoms with Gasteiger partial charge in [0, 0.05) is 39.2 Å². The van der Waals surface area contributed by atoms with Crippen LogP contribution in [0.25, 0.3) is 44.3 Å². The molecule has 0 radical (unpaired) electrons. The monoisotopic (exact) mass is 606 g/mol. The van der Waals surface area contributed by atoms with Gasteiger partial charge in [0.25, 0.3) is 0 Å². The number of fused-ring (bicyclic) bond motifs is 3. The van der Waals surface area contributed by atoms with Crippen molar-refractivity contribution in [1.29, 1.82) is 0 Å². The van der Waals surface area contributed by atoms with Crippen LogP contribution in [-0.4, -0.2) is 4.98 Å². The minimum absolute atomic E-state index is 0.0887. The maximum absolute atomic E-state index is 6.29. The summed E-state index contributed by atoms with van der Waals surface area (Å²) in [7, 11) is 0. The van der Waals surface area contributed by atoms with Crippen molar-refractivity contribution in [1.82, 2.24) is 4.98 Å². The van der Waals surface area contributed by atoms with Gasteiger partial charge in [-0.25, -0.2) is 0 Å². The fourth-order valence-corrected chi connectivity index (χ4v) is 6.50. The highest BCUT2D eigenvalue weighted by Gasteiger charge is 2.23. The van der Waals surface area contributed by atoms with Crippen LogP contribution in [0.15, 0.2) is 174 Å². The molecule has 0 spiro atoms. The Labute approximate surface area is 275 Å². The molecular weight excluding hydrogens is 572 g/mol. The Morgan fingerprint density at radius 1 is 0.468 bits per heavy atom. The molecule has 0 saturated carbocycles. The van der Waals surface area contributed by atoms with E-state index in [9.17, 15) is 0 Å². The first-order valence-corrected chi connectivity index (χ1v) is 16.0. The number of para-hydroxylation sites is 1. The van der Waals surface area contributed by atoms with E-state index < -0.39 is 0 Å². The van der Waals surface area contributed by atoms with Crippen molar-refractivity contribution in [2.75, 3.05) is 4.90 Å². The van der Waals surface area contributed by atoms with Gasteiger partial charge in [-0.05, 0) is 64.7 Å². The van der Waals surface area contributed by atoms with Gasteiger partial charge < -0.3 is 9.32 Å². The summed E-state index contributed by atoms with van der Waals surface area (Å²) in [6, 6.07) is 57.5. The third kappa shape index (κ3) is 5.36. The molecule has 3 nitrogen and oxygen atoms in total. The van der Waals surface area contributed by atoms with Gasteiger partial charge in [0.2, 0.25) is 0 Å². The Morgan fingerprint density at radius 3 is 1.77 bits per heavy atom. The van der Waals surface area contributed by atoms with Crippen LogP contribution in [0.2, 0.25) is 0 Å². The van der Waals surface area contributed by atoms with Crippen LogP contribution in [-0.2, 0) is 5.41 Å². The molecule has 6 aromatic carbocycles. The van der Waals surface area contributed by atoms with Gasteiger partial charge in [0.05, 0.1) is 17.6 Å². The molecule has 0 fully saturated rings. The first kappa shape index (κ1) is 28.5. The van der Waals surface area contributed by atoms with Crippen LogP contribution >= 0.6 is 0 Å². The van der Waals surface area contributed by atoms with E-state index >= 15 is 0 Å². The molecule has 47 heavy (non-hydrogen) atoms. The summed E-state index contributed by atoms with van der Waals surface area (Å²) in [6.45, 7) is 4.54. The molecule has 226 valence electrons. The minimum Gasteiger partial charge on any atom is -0.456 e. The number of pyridine rings is 1. The highest BCUT2D eigenvalue weighted by molar-refractivity contribution is 6.06. The van der Waals surface area contributed by atoms with Gasteiger partial charge >= 0.3 is 0 Å². The van der Waals surface area contributed by atoms with Gasteiger partial charge in [0.15, 0.2) is 0 Å². The smallest absolute Gasteiger partial charge is 0.137 e. The van der Waals surface area contributed by atoms with Crippen LogP contribution < -0.4 is 4.90 Å². The fourth-order valence-electron chi connectivity index (χ4n) is 6.50. The lowest BCUT2D eigenvalue weighted by molar-refractivity contribution is 0.641. The molecule has 2 aromatic heterocycles. The molecule has 0 N–H and O–H groups in total. The Hall–Kier alpha value is -5.93. The molecule has 3 heteroatoms. The number of nitrogens with zero attached hydrogens (tertiary/aromatic N) is 2. The second kappa shape index (κ2) is 11.8. The van der Waals surface area contributed by atoms with Gasteiger partial charge in [-0.15, -0.1) is 0 Å². The number of hydrogen-bond donors (Lipinski definition) is 0. The predicted octanol–water partition coefficient (Wildman–Crippen LogP) is 12.1. The maximum atomic E-state index is 6.29. The van der Waals surface area contributed by atoms with E-state index in [1.54, 1.807) is 0 Å². The van der Waals surface area contributed by atoms with E-state index in [2.05, 4.69) is 164 Å². The molecule has 8 aromatic rings. The molecule has 8 rings (SSSR count). The van der Waals surface area contributed by atoms with Gasteiger partial charge in [-0.3, -0.25) is 4.98 Å². The zero-order chi connectivity index (χ0) is 31.8. The first-order chi connectivity index (χ1) is 23.0. The second-order valence-corrected chi connectivity index (χ2v) is 12.5. The van der Waals surface area contributed by atoms with E-state index in [0.717, 1.165) is 50.3 Å². The minimum atomic E-state index is -0.0887. The van der Waals surface area contributed by atoms with Crippen molar-refractivity contribution in [2.24, 2.45) is 0 Å². The molecule has 0 aliphatic heterocycles. The fraction of sp³-hybridized carbons (Fsp3) is 0.0682. The zero-order valence-electron chi connectivity index (χ0n) is 26.5. The van der Waals surface area contributed by atoms with E-state index in [4.69, 9.17) is 9.40 Å². The second-order valence-electron chi connectivity index (χ2n) is 12.5. The normalized spacial score (nSPS) is 11.6. The van der Waals surface area contributed by atoms with E-state index in [0.29, 0.717) is 0 Å². The number of benzene rings is 6. The highest BCUT2D eigenvalue weighted by atomic mass is 16.3. The van der Waals surface area contributed by atoms with Crippen molar-refractivity contribution in [2.45, 2.75) is 19.3 Å². The van der Waals surface area contributed by atoms with Crippen molar-refractivity contribution in [3.05, 3.63) is 181 Å². The lowest BCUT2D eigenvalue weighted by atomic mass is 9.78. The summed E-state index contributed by atoms with van der Waals surface area (Å²) in [5, 5.41) is 2.23. The summed E-state index contributed by atoms with van der Waals surface area (Å²) >= 11 is 0. The summed E-state index contributed by atoms with van der Waals surface area (Å²) < 4.78 is 6.29. The van der Waals surface area contributed by atoms with Crippen molar-refractivity contribution < 1.29 is 4.42 Å². The molecule has 0 aliphatic carbocycles. The number of rotatable bonds is 7. The van der Waals surface area contributed by atoms with E-state index in [-0.39, 0.29) is 5.41 Å². The zero-order valence-corrected chi connectivity index (χ0v) is 26.5. The molecule has 0 bridgehead atoms. The van der Waals surface area contributed by atoms with Crippen molar-refractivity contribution >= 4 is 39.0 Å². The summed E-state index contributed by atoms with van der Waals surface area (Å²) in [5.74, 6) is 0. The quantitative estimate of drug-likeness (QED) is 0.181. The molecular formula is C44H34N2O. The topological polar surface area (TPSA) is 29.3 Å². The molecule has 0 amide bonds. The van der Waals surface area contributed by atoms with Crippen molar-refractivity contribution in [3.63, 3.8) is 0 Å². The maximum Gasteiger partial charge on any atom is 0.137 e. The Balaban J connectivity index is 1.15. The highest BCUT2D eigenvalue weighted by Crippen LogP contribution is 2.39. The lowest BCUT2D eigenvalue weighted by Gasteiger charge is -2.26. The lowest BCUT2D eigenvalue weighted by Crippen LogP contribution is -2.18. The number of anilines is 3. The average molecular weight is 607 g/mol. The van der Waals surface area contributed by atoms with Crippen LogP contribution in [0, 0.1) is 0 Å². The van der Waals surface area contributed by atoms with Gasteiger partial charge in [0.1, 0.15) is 11.2 Å². The molecule has 0 atom stereocenters. The van der Waals surface area contributed by atoms with Crippen LogP contribution in [0.3, 0.4) is 0 Å². The number of furan rings is 1. The molecule has 0 aliphatic rings. The third-order valence-electron chi connectivity index (χ3n) is 9.26. The van der Waals surface area contributed by atoms with E-state index in [1.165, 1.54) is 22.3 Å². The standard InChI is InChI=1S/C44H34N2O/c1-44(2,34-13-7-4-8-14-34)35-21-17-33(18-22-35)41-28-26-38(30-45-41)46(36-23-19-32(20-24-36)31-11-5-3-6-12-31)37-25-27-40-39-15-9-10-16-42(39)47-43(40)29-37/h3-30H,1-2H3. The first-order valence-electron chi connectivity index (χ1n) is 16.0. The number of aromatic nitrogens is 1. The third-order valence-corrected chi connectivity index (χ3v) is 9.26. The summed E-state index contributed by atoms with van der Waals surface area (Å²) in [4.78, 5) is 7.21. The summed E-state index contributed by atoms with van der Waals surface area (Å²) in [6.07, 6.45) is 1.96. The van der Waals surface area contributed by atoms with Gasteiger partial charge in [-0.1, -0.05) is 129 Å². The predicted molar refractivity (Wildman–Crippen MR) is 196 cm³/mol. The molecule has 0 saturated heterocycles. The SMILES string of the molecule is CC(C)(c1ccccc1)c1ccc(-c2ccc(N(c3ccc(-c4ccccc4)cc3)c3ccc4c(c3)oc3ccccc34)cn2)cc1. The molecule has 2 heterocycles. The Kier molecular flexibility index (Phi) is 7.15.